The maximum Gasteiger partial charge on any atom is 0.303 e. The van der Waals surface area contributed by atoms with Gasteiger partial charge in [0.25, 0.3) is 0 Å². The summed E-state index contributed by atoms with van der Waals surface area (Å²) in [6.45, 7) is 1.14. The first kappa shape index (κ1) is 19.9. The highest BCUT2D eigenvalue weighted by Gasteiger charge is 2.24. The zero-order valence-corrected chi connectivity index (χ0v) is 16.7. The molecule has 0 saturated heterocycles. The molecule has 2 aromatic carbocycles. The first-order valence-electron chi connectivity index (χ1n) is 10.1. The second-order valence-corrected chi connectivity index (χ2v) is 7.40. The molecule has 30 heavy (non-hydrogen) atoms. The third-order valence-corrected chi connectivity index (χ3v) is 5.31. The van der Waals surface area contributed by atoms with Crippen LogP contribution in [0.3, 0.4) is 0 Å². The summed E-state index contributed by atoms with van der Waals surface area (Å²) in [5.41, 5.74) is 4.38. The van der Waals surface area contributed by atoms with Crippen LogP contribution >= 0.6 is 0 Å². The van der Waals surface area contributed by atoms with Crippen molar-refractivity contribution in [1.29, 1.82) is 0 Å². The Bertz CT molecular complexity index is 990. The molecule has 1 aliphatic rings. The predicted octanol–water partition coefficient (Wildman–Crippen LogP) is 4.50. The number of ether oxygens (including phenoxy) is 2. The minimum Gasteiger partial charge on any atom is -0.493 e. The summed E-state index contributed by atoms with van der Waals surface area (Å²) in [5, 5.41) is 9.03. The van der Waals surface area contributed by atoms with Crippen LogP contribution in [0.1, 0.15) is 36.3 Å². The van der Waals surface area contributed by atoms with Crippen molar-refractivity contribution < 1.29 is 19.4 Å². The summed E-state index contributed by atoms with van der Waals surface area (Å²) in [6, 6.07) is 13.9. The van der Waals surface area contributed by atoms with Gasteiger partial charge in [-0.05, 0) is 59.7 Å². The van der Waals surface area contributed by atoms with E-state index in [0.717, 1.165) is 47.5 Å². The summed E-state index contributed by atoms with van der Waals surface area (Å²) >= 11 is 0. The van der Waals surface area contributed by atoms with Crippen LogP contribution in [-0.4, -0.2) is 34.3 Å². The highest BCUT2D eigenvalue weighted by atomic mass is 16.5. The van der Waals surface area contributed by atoms with E-state index in [4.69, 9.17) is 14.6 Å². The number of carboxylic acid groups (broad SMARTS) is 1. The van der Waals surface area contributed by atoms with Gasteiger partial charge in [-0.15, -0.1) is 0 Å². The third-order valence-electron chi connectivity index (χ3n) is 5.31. The van der Waals surface area contributed by atoms with Gasteiger partial charge in [0, 0.05) is 24.4 Å². The van der Waals surface area contributed by atoms with Crippen molar-refractivity contribution >= 4 is 5.97 Å². The van der Waals surface area contributed by atoms with Crippen LogP contribution in [0.4, 0.5) is 0 Å². The summed E-state index contributed by atoms with van der Waals surface area (Å²) < 4.78 is 11.6. The average molecular weight is 404 g/mol. The first-order chi connectivity index (χ1) is 14.7. The van der Waals surface area contributed by atoms with Crippen molar-refractivity contribution in [3.05, 3.63) is 72.3 Å². The van der Waals surface area contributed by atoms with Crippen molar-refractivity contribution in [2.24, 2.45) is 0 Å². The van der Waals surface area contributed by atoms with Gasteiger partial charge in [0.2, 0.25) is 0 Å². The van der Waals surface area contributed by atoms with Gasteiger partial charge in [-0.3, -0.25) is 4.79 Å². The molecule has 0 aliphatic heterocycles. The number of aromatic nitrogens is 2. The quantitative estimate of drug-likeness (QED) is 0.529. The topological polar surface area (TPSA) is 81.5 Å². The molecule has 1 aromatic heterocycles. The number of hydrogen-bond acceptors (Lipinski definition) is 5. The van der Waals surface area contributed by atoms with E-state index in [2.05, 4.69) is 9.97 Å². The number of aryl methyl sites for hydroxylation is 1. The normalized spacial score (nSPS) is 14.9. The standard InChI is InChI=1S/C24H24N2O4/c27-24(28)13-19-3-2-18-12-22(8-9-23(18)19)30-11-1-10-29-21-6-4-17(5-7-21)20-14-25-16-26-15-20/h4-9,12,14-16,19H,1-3,10-11,13H2,(H,27,28)/t19-/m0/s1. The van der Waals surface area contributed by atoms with E-state index in [-0.39, 0.29) is 12.3 Å². The van der Waals surface area contributed by atoms with Crippen LogP contribution < -0.4 is 9.47 Å². The number of aliphatic carboxylic acids is 1. The molecule has 3 aromatic rings. The molecule has 0 spiro atoms. The lowest BCUT2D eigenvalue weighted by Crippen LogP contribution is -2.05. The lowest BCUT2D eigenvalue weighted by molar-refractivity contribution is -0.137. The molecule has 0 bridgehead atoms. The highest BCUT2D eigenvalue weighted by molar-refractivity contribution is 5.68. The van der Waals surface area contributed by atoms with E-state index in [1.807, 2.05) is 42.5 Å². The molecule has 0 amide bonds. The maximum absolute atomic E-state index is 11.0. The number of fused-ring (bicyclic) bond motifs is 1. The molecule has 0 fully saturated rings. The molecular weight excluding hydrogens is 380 g/mol. The second-order valence-electron chi connectivity index (χ2n) is 7.40. The molecule has 1 atom stereocenters. The van der Waals surface area contributed by atoms with Gasteiger partial charge in [0.05, 0.1) is 19.6 Å². The van der Waals surface area contributed by atoms with Crippen LogP contribution in [0.5, 0.6) is 11.5 Å². The monoisotopic (exact) mass is 404 g/mol. The number of carbonyl (C=O) groups is 1. The first-order valence-corrected chi connectivity index (χ1v) is 10.1. The molecule has 4 rings (SSSR count). The van der Waals surface area contributed by atoms with E-state index >= 15 is 0 Å². The van der Waals surface area contributed by atoms with Crippen molar-refractivity contribution in [3.8, 4) is 22.6 Å². The number of carboxylic acids is 1. The minimum atomic E-state index is -0.739. The predicted molar refractivity (Wildman–Crippen MR) is 113 cm³/mol. The second kappa shape index (κ2) is 9.39. The summed E-state index contributed by atoms with van der Waals surface area (Å²) in [7, 11) is 0. The van der Waals surface area contributed by atoms with Gasteiger partial charge >= 0.3 is 5.97 Å². The van der Waals surface area contributed by atoms with Crippen LogP contribution in [-0.2, 0) is 11.2 Å². The molecule has 6 nitrogen and oxygen atoms in total. The zero-order chi connectivity index (χ0) is 20.8. The third kappa shape index (κ3) is 4.95. The number of rotatable bonds is 9. The van der Waals surface area contributed by atoms with E-state index in [0.29, 0.717) is 13.2 Å². The Morgan fingerprint density at radius 1 is 0.967 bits per heavy atom. The molecule has 6 heteroatoms. The number of nitrogens with zero attached hydrogens (tertiary/aromatic N) is 2. The Kier molecular flexibility index (Phi) is 6.23. The highest BCUT2D eigenvalue weighted by Crippen LogP contribution is 2.37. The molecular formula is C24H24N2O4. The molecule has 0 unspecified atom stereocenters. The van der Waals surface area contributed by atoms with E-state index < -0.39 is 5.97 Å². The molecule has 1 N–H and O–H groups in total. The average Bonchev–Trinajstić information content (AvgIpc) is 3.16. The lowest BCUT2D eigenvalue weighted by Gasteiger charge is -2.11. The molecule has 0 saturated carbocycles. The molecule has 154 valence electrons. The Labute approximate surface area is 175 Å². The van der Waals surface area contributed by atoms with Gasteiger partial charge in [0.1, 0.15) is 17.8 Å². The van der Waals surface area contributed by atoms with Crippen molar-refractivity contribution in [3.63, 3.8) is 0 Å². The fourth-order valence-electron chi connectivity index (χ4n) is 3.83. The van der Waals surface area contributed by atoms with Gasteiger partial charge in [-0.25, -0.2) is 9.97 Å². The van der Waals surface area contributed by atoms with E-state index in [9.17, 15) is 4.79 Å². The van der Waals surface area contributed by atoms with Crippen LogP contribution in [0.2, 0.25) is 0 Å². The molecule has 1 aliphatic carbocycles. The Morgan fingerprint density at radius 2 is 1.67 bits per heavy atom. The van der Waals surface area contributed by atoms with Crippen molar-refractivity contribution in [2.75, 3.05) is 13.2 Å². The Morgan fingerprint density at radius 3 is 2.40 bits per heavy atom. The smallest absolute Gasteiger partial charge is 0.303 e. The van der Waals surface area contributed by atoms with Crippen LogP contribution in [0.15, 0.2) is 61.2 Å². The van der Waals surface area contributed by atoms with Gasteiger partial charge in [0.15, 0.2) is 0 Å². The summed E-state index contributed by atoms with van der Waals surface area (Å²) in [6.07, 6.45) is 7.87. The van der Waals surface area contributed by atoms with Gasteiger partial charge < -0.3 is 14.6 Å². The molecule has 1 heterocycles. The Hall–Kier alpha value is -3.41. The summed E-state index contributed by atoms with van der Waals surface area (Å²) in [5.74, 6) is 1.04. The van der Waals surface area contributed by atoms with Crippen LogP contribution in [0, 0.1) is 0 Å². The van der Waals surface area contributed by atoms with Gasteiger partial charge in [-0.1, -0.05) is 18.2 Å². The SMILES string of the molecule is O=C(O)C[C@@H]1CCc2cc(OCCCOc3ccc(-c4cncnc4)cc3)ccc21. The fraction of sp³-hybridized carbons (Fsp3) is 0.292. The Balaban J connectivity index is 1.21. The molecule has 0 radical (unpaired) electrons. The van der Waals surface area contributed by atoms with E-state index in [1.165, 1.54) is 11.9 Å². The zero-order valence-electron chi connectivity index (χ0n) is 16.7. The fourth-order valence-corrected chi connectivity index (χ4v) is 3.83. The van der Waals surface area contributed by atoms with Crippen LogP contribution in [0.25, 0.3) is 11.1 Å². The largest absolute Gasteiger partial charge is 0.493 e. The van der Waals surface area contributed by atoms with Crippen molar-refractivity contribution in [1.82, 2.24) is 9.97 Å². The van der Waals surface area contributed by atoms with E-state index in [1.54, 1.807) is 12.4 Å². The van der Waals surface area contributed by atoms with Crippen molar-refractivity contribution in [2.45, 2.75) is 31.6 Å². The number of hydrogen-bond donors (Lipinski definition) is 1. The summed E-state index contributed by atoms with van der Waals surface area (Å²) in [4.78, 5) is 19.0. The lowest BCUT2D eigenvalue weighted by atomic mass is 9.98. The van der Waals surface area contributed by atoms with Gasteiger partial charge in [-0.2, -0.15) is 0 Å². The maximum atomic E-state index is 11.0. The minimum absolute atomic E-state index is 0.126. The number of benzene rings is 2.